The summed E-state index contributed by atoms with van der Waals surface area (Å²) in [6, 6.07) is 12.0. The maximum Gasteiger partial charge on any atom is 0.161 e. The van der Waals surface area contributed by atoms with Gasteiger partial charge in [-0.3, -0.25) is 4.90 Å². The molecule has 3 rings (SSSR count). The molecule has 0 atom stereocenters. The van der Waals surface area contributed by atoms with Gasteiger partial charge >= 0.3 is 0 Å². The lowest BCUT2D eigenvalue weighted by atomic mass is 10.1. The Hall–Kier alpha value is -2.24. The van der Waals surface area contributed by atoms with Gasteiger partial charge in [-0.1, -0.05) is 0 Å². The van der Waals surface area contributed by atoms with Crippen molar-refractivity contribution >= 4 is 40.4 Å². The van der Waals surface area contributed by atoms with Crippen molar-refractivity contribution in [3.8, 4) is 17.6 Å². The number of aliphatic hydroxyl groups excluding tert-OH is 1. The third-order valence-electron chi connectivity index (χ3n) is 4.81. The van der Waals surface area contributed by atoms with Crippen molar-refractivity contribution in [1.82, 2.24) is 4.90 Å². The minimum atomic E-state index is 0. The van der Waals surface area contributed by atoms with E-state index < -0.39 is 0 Å². The lowest BCUT2D eigenvalue weighted by Gasteiger charge is -2.34. The second kappa shape index (κ2) is 11.1. The number of aliphatic hydroxyl groups is 1. The molecule has 1 N–H and O–H groups in total. The lowest BCUT2D eigenvalue weighted by molar-refractivity contribution is 0.189. The highest BCUT2D eigenvalue weighted by Crippen LogP contribution is 2.33. The van der Waals surface area contributed by atoms with Crippen LogP contribution in [0.15, 0.2) is 30.3 Å². The van der Waals surface area contributed by atoms with Gasteiger partial charge in [0, 0.05) is 37.6 Å². The first kappa shape index (κ1) is 23.0. The van der Waals surface area contributed by atoms with Crippen LogP contribution in [-0.4, -0.2) is 63.6 Å². The zero-order chi connectivity index (χ0) is 19.9. The summed E-state index contributed by atoms with van der Waals surface area (Å²) in [5, 5.41) is 19.9. The van der Waals surface area contributed by atoms with Crippen LogP contribution in [0.25, 0.3) is 11.6 Å². The first-order valence-corrected chi connectivity index (χ1v) is 10.0. The number of β-amino-alcohol motifs (C(OH)–C–C–N with tert-alkyl or cyclic N) is 1. The molecule has 0 unspecified atom stereocenters. The Labute approximate surface area is 182 Å². The van der Waals surface area contributed by atoms with Crippen LogP contribution >= 0.6 is 23.7 Å². The van der Waals surface area contributed by atoms with E-state index in [4.69, 9.17) is 14.6 Å². The number of ether oxygens (including phenoxy) is 2. The fraction of sp³-hybridized carbons (Fsp3) is 0.381. The van der Waals surface area contributed by atoms with Crippen molar-refractivity contribution < 1.29 is 14.6 Å². The number of rotatable bonds is 7. The highest BCUT2D eigenvalue weighted by Gasteiger charge is 2.18. The maximum absolute atomic E-state index is 9.64. The largest absolute Gasteiger partial charge is 0.493 e. The van der Waals surface area contributed by atoms with Crippen LogP contribution in [0.1, 0.15) is 10.4 Å². The van der Waals surface area contributed by atoms with Crippen molar-refractivity contribution in [2.75, 3.05) is 58.5 Å². The normalized spacial score (nSPS) is 14.8. The number of methoxy groups -OCH3 is 2. The number of piperazine rings is 1. The average molecular weight is 436 g/mol. The van der Waals surface area contributed by atoms with E-state index in [-0.39, 0.29) is 19.0 Å². The number of benzene rings is 1. The Morgan fingerprint density at radius 1 is 1.14 bits per heavy atom. The predicted octanol–water partition coefficient (Wildman–Crippen LogP) is 3.37. The summed E-state index contributed by atoms with van der Waals surface area (Å²) < 4.78 is 10.6. The minimum absolute atomic E-state index is 0. The fourth-order valence-electron chi connectivity index (χ4n) is 3.25. The van der Waals surface area contributed by atoms with E-state index in [1.807, 2.05) is 24.3 Å². The summed E-state index contributed by atoms with van der Waals surface area (Å²) >= 11 is 1.68. The van der Waals surface area contributed by atoms with Crippen LogP contribution in [0.4, 0.5) is 5.00 Å². The molecular weight excluding hydrogens is 410 g/mol. The van der Waals surface area contributed by atoms with Crippen molar-refractivity contribution in [2.45, 2.75) is 0 Å². The molecule has 1 aliphatic heterocycles. The first-order chi connectivity index (χ1) is 13.7. The van der Waals surface area contributed by atoms with Gasteiger partial charge in [-0.15, -0.1) is 23.7 Å². The Morgan fingerprint density at radius 3 is 2.48 bits per heavy atom. The maximum atomic E-state index is 9.64. The summed E-state index contributed by atoms with van der Waals surface area (Å²) in [4.78, 5) is 5.67. The first-order valence-electron chi connectivity index (χ1n) is 9.20. The number of anilines is 1. The van der Waals surface area contributed by atoms with Crippen LogP contribution in [0, 0.1) is 11.3 Å². The monoisotopic (exact) mass is 435 g/mol. The van der Waals surface area contributed by atoms with Gasteiger partial charge in [0.2, 0.25) is 0 Å². The zero-order valence-corrected chi connectivity index (χ0v) is 18.3. The van der Waals surface area contributed by atoms with Gasteiger partial charge in [0.1, 0.15) is 0 Å². The van der Waals surface area contributed by atoms with E-state index in [9.17, 15) is 5.26 Å². The molecule has 8 heteroatoms. The smallest absolute Gasteiger partial charge is 0.161 e. The van der Waals surface area contributed by atoms with Gasteiger partial charge in [-0.05, 0) is 42.0 Å². The Balaban J connectivity index is 0.00000300. The average Bonchev–Trinajstić information content (AvgIpc) is 3.21. The Morgan fingerprint density at radius 2 is 1.86 bits per heavy atom. The standard InChI is InChI=1S/C21H25N3O3S.ClH/c1-26-19-5-3-16(14-20(19)27-2)17(15-22)13-18-4-6-21(28-18)24-9-7-23(8-10-24)11-12-25;/h3-6,13-14,25H,7-12H2,1-2H3;1H. The number of nitriles is 1. The van der Waals surface area contributed by atoms with E-state index in [1.165, 1.54) is 5.00 Å². The second-order valence-corrected chi connectivity index (χ2v) is 7.56. The fourth-order valence-corrected chi connectivity index (χ4v) is 4.25. The molecule has 29 heavy (non-hydrogen) atoms. The molecule has 1 aromatic heterocycles. The molecule has 0 amide bonds. The summed E-state index contributed by atoms with van der Waals surface area (Å²) in [6.45, 7) is 4.76. The summed E-state index contributed by atoms with van der Waals surface area (Å²) in [6.07, 6.45) is 1.91. The van der Waals surface area contributed by atoms with Crippen LogP contribution in [0.2, 0.25) is 0 Å². The van der Waals surface area contributed by atoms with E-state index in [1.54, 1.807) is 25.6 Å². The van der Waals surface area contributed by atoms with Crippen LogP contribution in [0.5, 0.6) is 11.5 Å². The van der Waals surface area contributed by atoms with E-state index in [0.29, 0.717) is 17.1 Å². The topological polar surface area (TPSA) is 69.0 Å². The third-order valence-corrected chi connectivity index (χ3v) is 5.91. The molecule has 156 valence electrons. The molecule has 0 spiro atoms. The van der Waals surface area contributed by atoms with Gasteiger partial charge < -0.3 is 19.5 Å². The van der Waals surface area contributed by atoms with Crippen molar-refractivity contribution in [1.29, 1.82) is 5.26 Å². The van der Waals surface area contributed by atoms with Gasteiger partial charge in [-0.25, -0.2) is 0 Å². The lowest BCUT2D eigenvalue weighted by Crippen LogP contribution is -2.46. The quantitative estimate of drug-likeness (QED) is 0.672. The van der Waals surface area contributed by atoms with Crippen LogP contribution in [-0.2, 0) is 0 Å². The molecule has 1 aliphatic rings. The molecule has 1 fully saturated rings. The Kier molecular flexibility index (Phi) is 8.80. The van der Waals surface area contributed by atoms with E-state index in [0.717, 1.165) is 43.2 Å². The Bertz CT molecular complexity index is 870. The molecule has 0 aliphatic carbocycles. The SMILES string of the molecule is COc1ccc(C(C#N)=Cc2ccc(N3CCN(CCO)CC3)s2)cc1OC.Cl. The minimum Gasteiger partial charge on any atom is -0.493 e. The molecule has 0 radical (unpaired) electrons. The van der Waals surface area contributed by atoms with Crippen molar-refractivity contribution in [3.63, 3.8) is 0 Å². The molecular formula is C21H26ClN3O3S. The highest BCUT2D eigenvalue weighted by molar-refractivity contribution is 7.17. The highest BCUT2D eigenvalue weighted by atomic mass is 35.5. The van der Waals surface area contributed by atoms with Crippen molar-refractivity contribution in [2.24, 2.45) is 0 Å². The van der Waals surface area contributed by atoms with E-state index in [2.05, 4.69) is 28.0 Å². The third kappa shape index (κ3) is 5.64. The molecule has 0 saturated carbocycles. The van der Waals surface area contributed by atoms with Crippen molar-refractivity contribution in [3.05, 3.63) is 40.8 Å². The number of allylic oxidation sites excluding steroid dienone is 1. The second-order valence-electron chi connectivity index (χ2n) is 6.47. The van der Waals surface area contributed by atoms with Gasteiger partial charge in [-0.2, -0.15) is 5.26 Å². The van der Waals surface area contributed by atoms with Gasteiger partial charge in [0.15, 0.2) is 11.5 Å². The molecule has 2 heterocycles. The number of hydrogen-bond acceptors (Lipinski definition) is 7. The molecule has 0 bridgehead atoms. The van der Waals surface area contributed by atoms with Crippen LogP contribution < -0.4 is 14.4 Å². The summed E-state index contributed by atoms with van der Waals surface area (Å²) in [5.41, 5.74) is 1.38. The molecule has 6 nitrogen and oxygen atoms in total. The number of hydrogen-bond donors (Lipinski definition) is 1. The van der Waals surface area contributed by atoms with Crippen LogP contribution in [0.3, 0.4) is 0 Å². The summed E-state index contributed by atoms with van der Waals surface area (Å²) in [5.74, 6) is 1.25. The van der Waals surface area contributed by atoms with Gasteiger partial charge in [0.25, 0.3) is 0 Å². The predicted molar refractivity (Wildman–Crippen MR) is 120 cm³/mol. The van der Waals surface area contributed by atoms with E-state index >= 15 is 0 Å². The number of thiophene rings is 1. The number of halogens is 1. The number of nitrogens with zero attached hydrogens (tertiary/aromatic N) is 3. The zero-order valence-electron chi connectivity index (χ0n) is 16.6. The molecule has 1 aromatic carbocycles. The molecule has 1 saturated heterocycles. The summed E-state index contributed by atoms with van der Waals surface area (Å²) in [7, 11) is 3.18. The van der Waals surface area contributed by atoms with Gasteiger partial charge in [0.05, 0.1) is 37.5 Å². The molecule has 2 aromatic rings.